The van der Waals surface area contributed by atoms with Crippen molar-refractivity contribution in [2.24, 2.45) is 0 Å². The first-order valence-corrected chi connectivity index (χ1v) is 6.74. The predicted octanol–water partition coefficient (Wildman–Crippen LogP) is 2.08. The maximum atomic E-state index is 11.4. The van der Waals surface area contributed by atoms with E-state index in [1.54, 1.807) is 17.5 Å². The largest absolute Gasteiger partial charge is 0.353 e. The molecule has 1 aromatic heterocycles. The summed E-state index contributed by atoms with van der Waals surface area (Å²) in [6, 6.07) is 0.271. The lowest BCUT2D eigenvalue weighted by Crippen LogP contribution is -2.38. The van der Waals surface area contributed by atoms with Crippen LogP contribution in [0.3, 0.4) is 0 Å². The second-order valence-electron chi connectivity index (χ2n) is 3.83. The minimum absolute atomic E-state index is 0.0115. The van der Waals surface area contributed by atoms with Crippen molar-refractivity contribution < 1.29 is 4.79 Å². The number of hydrogen-bond acceptors (Lipinski definition) is 4. The molecular formula is C10H16BrN3OS. The Hall–Kier alpha value is -0.460. The summed E-state index contributed by atoms with van der Waals surface area (Å²) in [6.45, 7) is 6.20. The van der Waals surface area contributed by atoms with Crippen LogP contribution in [-0.2, 0) is 4.79 Å². The molecule has 0 aliphatic rings. The van der Waals surface area contributed by atoms with Crippen LogP contribution in [0.25, 0.3) is 0 Å². The number of hydrogen-bond donors (Lipinski definition) is 2. The quantitative estimate of drug-likeness (QED) is 0.876. The first-order chi connectivity index (χ1) is 7.49. The first-order valence-electron chi connectivity index (χ1n) is 5.13. The van der Waals surface area contributed by atoms with Crippen LogP contribution in [0.4, 0.5) is 0 Å². The summed E-state index contributed by atoms with van der Waals surface area (Å²) in [5.41, 5.74) is 0. The summed E-state index contributed by atoms with van der Waals surface area (Å²) in [4.78, 5) is 15.6. The zero-order valence-corrected chi connectivity index (χ0v) is 12.0. The van der Waals surface area contributed by atoms with Crippen molar-refractivity contribution in [3.05, 3.63) is 15.0 Å². The number of aromatic nitrogens is 1. The topological polar surface area (TPSA) is 54.0 Å². The molecule has 1 rings (SSSR count). The summed E-state index contributed by atoms with van der Waals surface area (Å²) in [5, 5.41) is 6.94. The summed E-state index contributed by atoms with van der Waals surface area (Å²) in [5.74, 6) is 0.0115. The minimum Gasteiger partial charge on any atom is -0.353 e. The van der Waals surface area contributed by atoms with E-state index in [0.29, 0.717) is 6.54 Å². The van der Waals surface area contributed by atoms with Crippen LogP contribution in [0.5, 0.6) is 0 Å². The maximum absolute atomic E-state index is 11.4. The molecular weight excluding hydrogens is 290 g/mol. The van der Waals surface area contributed by atoms with Crippen LogP contribution in [0.15, 0.2) is 9.98 Å². The number of thiazole rings is 1. The average Bonchev–Trinajstić information content (AvgIpc) is 2.60. The Morgan fingerprint density at radius 3 is 2.75 bits per heavy atom. The van der Waals surface area contributed by atoms with Crippen LogP contribution in [0.2, 0.25) is 0 Å². The third-order valence-electron chi connectivity index (χ3n) is 1.88. The van der Waals surface area contributed by atoms with Gasteiger partial charge < -0.3 is 5.32 Å². The molecule has 1 unspecified atom stereocenters. The van der Waals surface area contributed by atoms with Crippen molar-refractivity contribution in [1.29, 1.82) is 0 Å². The van der Waals surface area contributed by atoms with Gasteiger partial charge in [-0.15, -0.1) is 11.3 Å². The highest BCUT2D eigenvalue weighted by Gasteiger charge is 2.11. The minimum atomic E-state index is 0.0115. The highest BCUT2D eigenvalue weighted by atomic mass is 79.9. The van der Waals surface area contributed by atoms with Gasteiger partial charge in [-0.3, -0.25) is 10.1 Å². The van der Waals surface area contributed by atoms with Crippen molar-refractivity contribution in [3.63, 3.8) is 0 Å². The molecule has 2 N–H and O–H groups in total. The van der Waals surface area contributed by atoms with E-state index >= 15 is 0 Å². The van der Waals surface area contributed by atoms with Gasteiger partial charge >= 0.3 is 0 Å². The van der Waals surface area contributed by atoms with E-state index < -0.39 is 0 Å². The van der Waals surface area contributed by atoms with Crippen molar-refractivity contribution in [2.45, 2.75) is 32.9 Å². The molecule has 6 heteroatoms. The van der Waals surface area contributed by atoms with Crippen LogP contribution in [0.1, 0.15) is 31.8 Å². The number of amides is 1. The highest BCUT2D eigenvalue weighted by molar-refractivity contribution is 9.11. The summed E-state index contributed by atoms with van der Waals surface area (Å²) < 4.78 is 1.00. The molecule has 1 amide bonds. The number of rotatable bonds is 5. The zero-order valence-electron chi connectivity index (χ0n) is 9.58. The average molecular weight is 306 g/mol. The lowest BCUT2D eigenvalue weighted by molar-refractivity contribution is -0.120. The fourth-order valence-electron chi connectivity index (χ4n) is 1.17. The lowest BCUT2D eigenvalue weighted by atomic mass is 10.3. The second kappa shape index (κ2) is 6.32. The molecule has 0 saturated carbocycles. The Morgan fingerprint density at radius 2 is 2.25 bits per heavy atom. The third kappa shape index (κ3) is 4.59. The van der Waals surface area contributed by atoms with Crippen LogP contribution < -0.4 is 10.6 Å². The molecule has 0 aliphatic heterocycles. The first kappa shape index (κ1) is 13.6. The van der Waals surface area contributed by atoms with E-state index in [0.717, 1.165) is 8.79 Å². The Labute approximate surface area is 108 Å². The Morgan fingerprint density at radius 1 is 1.56 bits per heavy atom. The van der Waals surface area contributed by atoms with Gasteiger partial charge in [0.25, 0.3) is 0 Å². The van der Waals surface area contributed by atoms with Gasteiger partial charge in [0.05, 0.1) is 22.6 Å². The van der Waals surface area contributed by atoms with Gasteiger partial charge in [0, 0.05) is 6.04 Å². The van der Waals surface area contributed by atoms with Crippen molar-refractivity contribution in [2.75, 3.05) is 6.54 Å². The molecule has 4 nitrogen and oxygen atoms in total. The normalized spacial score (nSPS) is 12.8. The molecule has 0 saturated heterocycles. The SMILES string of the molecule is CC(C)NC(=O)CNC(C)c1ncc(Br)s1. The standard InChI is InChI=1S/C10H16BrN3OS/c1-6(2)14-9(15)5-12-7(3)10-13-4-8(11)16-10/h4,6-7,12H,5H2,1-3H3,(H,14,15). The van der Waals surface area contributed by atoms with Crippen molar-refractivity contribution >= 4 is 33.2 Å². The van der Waals surface area contributed by atoms with Gasteiger partial charge in [-0.25, -0.2) is 4.98 Å². The monoisotopic (exact) mass is 305 g/mol. The summed E-state index contributed by atoms with van der Waals surface area (Å²) >= 11 is 4.93. The van der Waals surface area contributed by atoms with Gasteiger partial charge in [0.2, 0.25) is 5.91 Å². The van der Waals surface area contributed by atoms with Gasteiger partial charge in [-0.2, -0.15) is 0 Å². The molecule has 0 fully saturated rings. The highest BCUT2D eigenvalue weighted by Crippen LogP contribution is 2.23. The van der Waals surface area contributed by atoms with Gasteiger partial charge in [0.15, 0.2) is 0 Å². The number of carbonyl (C=O) groups excluding carboxylic acids is 1. The van der Waals surface area contributed by atoms with Gasteiger partial charge in [-0.1, -0.05) is 0 Å². The predicted molar refractivity (Wildman–Crippen MR) is 69.5 cm³/mol. The van der Waals surface area contributed by atoms with E-state index in [1.807, 2.05) is 20.8 Å². The van der Waals surface area contributed by atoms with Crippen molar-refractivity contribution in [1.82, 2.24) is 15.6 Å². The number of carbonyl (C=O) groups is 1. The summed E-state index contributed by atoms with van der Waals surface area (Å²) in [6.07, 6.45) is 1.77. The molecule has 0 aliphatic carbocycles. The molecule has 1 atom stereocenters. The van der Waals surface area contributed by atoms with Crippen LogP contribution in [-0.4, -0.2) is 23.5 Å². The molecule has 1 heterocycles. The summed E-state index contributed by atoms with van der Waals surface area (Å²) in [7, 11) is 0. The van der Waals surface area contributed by atoms with E-state index in [-0.39, 0.29) is 18.0 Å². The number of nitrogens with zero attached hydrogens (tertiary/aromatic N) is 1. The van der Waals surface area contributed by atoms with Gasteiger partial charge in [-0.05, 0) is 36.7 Å². The fourth-order valence-corrected chi connectivity index (χ4v) is 2.44. The smallest absolute Gasteiger partial charge is 0.234 e. The van der Waals surface area contributed by atoms with Gasteiger partial charge in [0.1, 0.15) is 5.01 Å². The third-order valence-corrected chi connectivity index (χ3v) is 3.54. The number of nitrogens with one attached hydrogen (secondary N) is 2. The van der Waals surface area contributed by atoms with Crippen molar-refractivity contribution in [3.8, 4) is 0 Å². The van der Waals surface area contributed by atoms with E-state index in [1.165, 1.54) is 0 Å². The van der Waals surface area contributed by atoms with Crippen LogP contribution in [0, 0.1) is 0 Å². The fraction of sp³-hybridized carbons (Fsp3) is 0.600. The molecule has 0 spiro atoms. The molecule has 1 aromatic rings. The second-order valence-corrected chi connectivity index (χ2v) is 6.27. The Kier molecular flexibility index (Phi) is 5.37. The molecule has 0 radical (unpaired) electrons. The Bertz CT molecular complexity index is 354. The van der Waals surface area contributed by atoms with E-state index in [9.17, 15) is 4.79 Å². The molecule has 0 aromatic carbocycles. The van der Waals surface area contributed by atoms with E-state index in [2.05, 4.69) is 31.5 Å². The Balaban J connectivity index is 2.35. The zero-order chi connectivity index (χ0) is 12.1. The molecule has 90 valence electrons. The number of halogens is 1. The molecule has 0 bridgehead atoms. The molecule has 16 heavy (non-hydrogen) atoms. The van der Waals surface area contributed by atoms with Crippen LogP contribution >= 0.6 is 27.3 Å². The van der Waals surface area contributed by atoms with E-state index in [4.69, 9.17) is 0 Å². The lowest BCUT2D eigenvalue weighted by Gasteiger charge is -2.12. The maximum Gasteiger partial charge on any atom is 0.234 e.